The average molecular weight is 286 g/mol. The topological polar surface area (TPSA) is 0 Å². The first kappa shape index (κ1) is 15.7. The maximum atomic E-state index is 2.33. The van der Waals surface area contributed by atoms with E-state index in [1.807, 2.05) is 0 Å². The normalized spacial score (nSPS) is 13.0. The van der Waals surface area contributed by atoms with Crippen molar-refractivity contribution in [1.29, 1.82) is 0 Å². The fraction of sp³-hybridized carbons (Fsp3) is 0.571. The lowest BCUT2D eigenvalue weighted by Crippen LogP contribution is -3.00. The van der Waals surface area contributed by atoms with Gasteiger partial charge < -0.3 is 21.5 Å². The molecule has 0 saturated carbocycles. The minimum absolute atomic E-state index is 0. The van der Waals surface area contributed by atoms with E-state index in [0.717, 1.165) is 4.48 Å². The number of halogens is 1. The molecule has 1 aromatic rings. The van der Waals surface area contributed by atoms with Crippen LogP contribution in [0.5, 0.6) is 0 Å². The van der Waals surface area contributed by atoms with Crippen LogP contribution in [0.1, 0.15) is 38.3 Å². The highest BCUT2D eigenvalue weighted by Gasteiger charge is 2.24. The minimum Gasteiger partial charge on any atom is -1.00 e. The van der Waals surface area contributed by atoms with Crippen molar-refractivity contribution in [2.75, 3.05) is 20.6 Å². The van der Waals surface area contributed by atoms with Gasteiger partial charge in [0.2, 0.25) is 0 Å². The summed E-state index contributed by atoms with van der Waals surface area (Å²) < 4.78 is 1.08. The van der Waals surface area contributed by atoms with Crippen LogP contribution in [0.4, 0.5) is 0 Å². The maximum absolute atomic E-state index is 2.33. The lowest BCUT2D eigenvalue weighted by atomic mass is 10.1. The second kappa shape index (κ2) is 7.08. The van der Waals surface area contributed by atoms with Gasteiger partial charge >= 0.3 is 0 Å². The summed E-state index contributed by atoms with van der Waals surface area (Å²) in [5.41, 5.74) is 1.44. The number of nitrogens with zero attached hydrogens (tertiary/aromatic N) is 1. The van der Waals surface area contributed by atoms with E-state index in [2.05, 4.69) is 58.3 Å². The summed E-state index contributed by atoms with van der Waals surface area (Å²) in [4.78, 5) is 0. The Morgan fingerprint density at radius 2 is 1.69 bits per heavy atom. The molecule has 0 aliphatic rings. The summed E-state index contributed by atoms with van der Waals surface area (Å²) in [7, 11) is 4.65. The van der Waals surface area contributed by atoms with Crippen LogP contribution in [0.2, 0.25) is 0 Å². The molecule has 0 bridgehead atoms. The molecule has 92 valence electrons. The van der Waals surface area contributed by atoms with E-state index in [-0.39, 0.29) is 17.0 Å². The van der Waals surface area contributed by atoms with E-state index in [4.69, 9.17) is 0 Å². The van der Waals surface area contributed by atoms with E-state index in [1.54, 1.807) is 0 Å². The van der Waals surface area contributed by atoms with Gasteiger partial charge in [0.15, 0.2) is 0 Å². The Labute approximate surface area is 111 Å². The van der Waals surface area contributed by atoms with E-state index in [1.165, 1.54) is 24.9 Å². The second-order valence-electron chi connectivity index (χ2n) is 4.94. The quantitative estimate of drug-likeness (QED) is 0.697. The number of benzene rings is 1. The smallest absolute Gasteiger partial charge is 0.111 e. The lowest BCUT2D eigenvalue weighted by molar-refractivity contribution is -0.919. The molecular formula is C14H24BrN. The van der Waals surface area contributed by atoms with Crippen LogP contribution in [0.15, 0.2) is 30.3 Å². The predicted molar refractivity (Wildman–Crippen MR) is 66.7 cm³/mol. The number of quaternary nitrogens is 1. The van der Waals surface area contributed by atoms with Crippen molar-refractivity contribution in [1.82, 2.24) is 0 Å². The van der Waals surface area contributed by atoms with Crippen molar-refractivity contribution in [2.45, 2.75) is 32.7 Å². The van der Waals surface area contributed by atoms with Crippen molar-refractivity contribution in [3.63, 3.8) is 0 Å². The minimum atomic E-state index is 0. The fourth-order valence-electron chi connectivity index (χ4n) is 1.89. The van der Waals surface area contributed by atoms with Gasteiger partial charge in [0, 0.05) is 5.56 Å². The van der Waals surface area contributed by atoms with Crippen LogP contribution in [0.25, 0.3) is 0 Å². The van der Waals surface area contributed by atoms with Gasteiger partial charge in [0.1, 0.15) is 6.04 Å². The molecule has 0 radical (unpaired) electrons. The zero-order chi connectivity index (χ0) is 11.3. The molecule has 0 N–H and O–H groups in total. The van der Waals surface area contributed by atoms with Crippen molar-refractivity contribution < 1.29 is 21.5 Å². The molecule has 0 amide bonds. The van der Waals surface area contributed by atoms with E-state index >= 15 is 0 Å². The molecule has 0 spiro atoms. The standard InChI is InChI=1S/C14H24N.BrH/c1-5-6-12-15(3,4)13(2)14-10-8-7-9-11-14;/h7-11,13H,5-6,12H2,1-4H3;1H/q+1;/p-1/t13-;/m0./s1. The predicted octanol–water partition coefficient (Wildman–Crippen LogP) is 0.628. The Morgan fingerprint density at radius 3 is 2.19 bits per heavy atom. The molecule has 1 aromatic carbocycles. The fourth-order valence-corrected chi connectivity index (χ4v) is 1.89. The zero-order valence-corrected chi connectivity index (χ0v) is 12.5. The SMILES string of the molecule is CCCC[N+](C)(C)[C@@H](C)c1ccccc1.[Br-]. The molecule has 0 heterocycles. The Kier molecular flexibility index (Phi) is 6.93. The highest BCUT2D eigenvalue weighted by Crippen LogP contribution is 2.24. The van der Waals surface area contributed by atoms with Crippen molar-refractivity contribution in [3.8, 4) is 0 Å². The third-order valence-corrected chi connectivity index (χ3v) is 3.42. The van der Waals surface area contributed by atoms with Gasteiger partial charge in [-0.25, -0.2) is 0 Å². The van der Waals surface area contributed by atoms with Crippen LogP contribution in [0, 0.1) is 0 Å². The average Bonchev–Trinajstić information content (AvgIpc) is 2.26. The largest absolute Gasteiger partial charge is 1.00 e. The van der Waals surface area contributed by atoms with Gasteiger partial charge in [-0.1, -0.05) is 43.7 Å². The van der Waals surface area contributed by atoms with E-state index in [9.17, 15) is 0 Å². The lowest BCUT2D eigenvalue weighted by Gasteiger charge is -2.36. The van der Waals surface area contributed by atoms with Crippen molar-refractivity contribution >= 4 is 0 Å². The van der Waals surface area contributed by atoms with Crippen molar-refractivity contribution in [3.05, 3.63) is 35.9 Å². The Hall–Kier alpha value is -0.340. The summed E-state index contributed by atoms with van der Waals surface area (Å²) in [6, 6.07) is 11.4. The van der Waals surface area contributed by atoms with Crippen LogP contribution < -0.4 is 17.0 Å². The molecule has 2 heteroatoms. The molecule has 0 fully saturated rings. The third kappa shape index (κ3) is 4.26. The first-order valence-corrected chi connectivity index (χ1v) is 5.95. The van der Waals surface area contributed by atoms with Gasteiger partial charge in [0.05, 0.1) is 20.6 Å². The van der Waals surface area contributed by atoms with Crippen LogP contribution in [-0.4, -0.2) is 25.1 Å². The van der Waals surface area contributed by atoms with E-state index < -0.39 is 0 Å². The van der Waals surface area contributed by atoms with E-state index in [0.29, 0.717) is 6.04 Å². The summed E-state index contributed by atoms with van der Waals surface area (Å²) in [5, 5.41) is 0. The number of hydrogen-bond acceptors (Lipinski definition) is 0. The number of unbranched alkanes of at least 4 members (excludes halogenated alkanes) is 1. The van der Waals surface area contributed by atoms with Gasteiger partial charge in [-0.05, 0) is 13.3 Å². The molecule has 0 saturated heterocycles. The molecule has 0 aliphatic heterocycles. The highest BCUT2D eigenvalue weighted by atomic mass is 79.9. The monoisotopic (exact) mass is 285 g/mol. The van der Waals surface area contributed by atoms with Crippen molar-refractivity contribution in [2.24, 2.45) is 0 Å². The second-order valence-corrected chi connectivity index (χ2v) is 4.94. The molecule has 16 heavy (non-hydrogen) atoms. The van der Waals surface area contributed by atoms with Gasteiger partial charge in [-0.3, -0.25) is 0 Å². The molecule has 0 unspecified atom stereocenters. The van der Waals surface area contributed by atoms with Gasteiger partial charge in [-0.2, -0.15) is 0 Å². The molecule has 1 nitrogen and oxygen atoms in total. The summed E-state index contributed by atoms with van der Waals surface area (Å²) in [6.45, 7) is 5.84. The third-order valence-electron chi connectivity index (χ3n) is 3.42. The number of hydrogen-bond donors (Lipinski definition) is 0. The molecule has 1 rings (SSSR count). The zero-order valence-electron chi connectivity index (χ0n) is 10.9. The summed E-state index contributed by atoms with van der Waals surface area (Å²) in [5.74, 6) is 0. The Bertz CT molecular complexity index is 282. The molecule has 0 aliphatic carbocycles. The number of rotatable bonds is 5. The van der Waals surface area contributed by atoms with Gasteiger partial charge in [-0.15, -0.1) is 0 Å². The van der Waals surface area contributed by atoms with Crippen LogP contribution in [-0.2, 0) is 0 Å². The highest BCUT2D eigenvalue weighted by molar-refractivity contribution is 5.16. The first-order chi connectivity index (χ1) is 7.08. The maximum Gasteiger partial charge on any atom is 0.111 e. The van der Waals surface area contributed by atoms with Crippen LogP contribution >= 0.6 is 0 Å². The molecule has 1 atom stereocenters. The van der Waals surface area contributed by atoms with Gasteiger partial charge in [0.25, 0.3) is 0 Å². The Morgan fingerprint density at radius 1 is 1.12 bits per heavy atom. The summed E-state index contributed by atoms with van der Waals surface area (Å²) >= 11 is 0. The molecular weight excluding hydrogens is 262 g/mol. The van der Waals surface area contributed by atoms with Crippen LogP contribution in [0.3, 0.4) is 0 Å². The molecule has 0 aromatic heterocycles. The first-order valence-electron chi connectivity index (χ1n) is 5.95. The Balaban J connectivity index is 0.00000225. The summed E-state index contributed by atoms with van der Waals surface area (Å²) in [6.07, 6.45) is 2.59.